The predicted octanol–water partition coefficient (Wildman–Crippen LogP) is 5.59. The second-order valence-electron chi connectivity index (χ2n) is 8.02. The summed E-state index contributed by atoms with van der Waals surface area (Å²) in [6.07, 6.45) is 8.72. The zero-order chi connectivity index (χ0) is 17.6. The molecule has 4 heteroatoms. The van der Waals surface area contributed by atoms with Gasteiger partial charge >= 0.3 is 5.97 Å². The van der Waals surface area contributed by atoms with Crippen molar-refractivity contribution in [3.63, 3.8) is 0 Å². The Kier molecular flexibility index (Phi) is 6.68. The molecule has 0 aromatic heterocycles. The van der Waals surface area contributed by atoms with E-state index in [-0.39, 0.29) is 26.7 Å². The highest BCUT2D eigenvalue weighted by Crippen LogP contribution is 2.40. The van der Waals surface area contributed by atoms with E-state index in [0.29, 0.717) is 5.56 Å². The largest absolute Gasteiger partial charge is 0.459 e. The van der Waals surface area contributed by atoms with Crippen molar-refractivity contribution in [3.05, 3.63) is 35.6 Å². The van der Waals surface area contributed by atoms with Crippen LogP contribution in [0.5, 0.6) is 0 Å². The average molecular weight is 363 g/mol. The van der Waals surface area contributed by atoms with Crippen molar-refractivity contribution in [2.45, 2.75) is 76.1 Å². The molecule has 2 nitrogen and oxygen atoms in total. The highest BCUT2D eigenvalue weighted by Gasteiger charge is 2.32. The van der Waals surface area contributed by atoms with E-state index in [4.69, 9.17) is 4.74 Å². The van der Waals surface area contributed by atoms with Crippen molar-refractivity contribution in [2.24, 2.45) is 11.8 Å². The van der Waals surface area contributed by atoms with Gasteiger partial charge in [0.25, 0.3) is 0 Å². The molecule has 0 amide bonds. The molecule has 1 aliphatic heterocycles. The van der Waals surface area contributed by atoms with E-state index in [2.05, 4.69) is 6.92 Å². The topological polar surface area (TPSA) is 26.3 Å². The number of esters is 1. The first-order valence-electron chi connectivity index (χ1n) is 10.1. The Morgan fingerprint density at radius 1 is 1.04 bits per heavy atom. The summed E-state index contributed by atoms with van der Waals surface area (Å²) in [5.74, 6) is 1.13. The summed E-state index contributed by atoms with van der Waals surface area (Å²) in [5, 5.41) is 0. The first kappa shape index (κ1) is 18.6. The van der Waals surface area contributed by atoms with Gasteiger partial charge in [-0.15, -0.1) is 0 Å². The van der Waals surface area contributed by atoms with Crippen molar-refractivity contribution < 1.29 is 13.9 Å². The average Bonchev–Trinajstić information content (AvgIpc) is 2.64. The fraction of sp³-hybridized carbons (Fsp3) is 0.667. The standard InChI is InChI=1S/C21H31FO2Si/c1-2-13-25-14-11-17(12-15-25)16-5-9-20(10-6-16)24-21(23)18-3-7-19(22)8-4-18/h3-4,7-8,16-17,20,25H,2,5-6,9-15H2,1H3/t16-,17?,20-,25?. The van der Waals surface area contributed by atoms with Crippen LogP contribution >= 0.6 is 0 Å². The maximum absolute atomic E-state index is 12.9. The molecule has 3 rings (SSSR count). The number of benzene rings is 1. The number of carbonyl (C=O) groups is 1. The Morgan fingerprint density at radius 3 is 2.24 bits per heavy atom. The Hall–Kier alpha value is -1.16. The second-order valence-corrected chi connectivity index (χ2v) is 11.5. The van der Waals surface area contributed by atoms with Crippen LogP contribution in [0.25, 0.3) is 0 Å². The molecule has 1 aromatic rings. The van der Waals surface area contributed by atoms with Crippen LogP contribution in [0.4, 0.5) is 4.39 Å². The Balaban J connectivity index is 1.41. The molecule has 1 aliphatic carbocycles. The molecule has 1 saturated heterocycles. The lowest BCUT2D eigenvalue weighted by molar-refractivity contribution is 0.0127. The van der Waals surface area contributed by atoms with Crippen molar-refractivity contribution in [1.82, 2.24) is 0 Å². The number of carbonyl (C=O) groups excluding carboxylic acids is 1. The summed E-state index contributed by atoms with van der Waals surface area (Å²) < 4.78 is 18.6. The van der Waals surface area contributed by atoms with Gasteiger partial charge in [-0.1, -0.05) is 44.3 Å². The van der Waals surface area contributed by atoms with Gasteiger partial charge in [0.2, 0.25) is 0 Å². The number of hydrogen-bond acceptors (Lipinski definition) is 2. The van der Waals surface area contributed by atoms with E-state index in [1.165, 1.54) is 56.4 Å². The number of halogens is 1. The van der Waals surface area contributed by atoms with E-state index < -0.39 is 0 Å². The number of hydrogen-bond donors (Lipinski definition) is 0. The molecule has 2 fully saturated rings. The molecule has 1 saturated carbocycles. The monoisotopic (exact) mass is 362 g/mol. The first-order chi connectivity index (χ1) is 12.2. The molecule has 138 valence electrons. The fourth-order valence-electron chi connectivity index (χ4n) is 4.84. The van der Waals surface area contributed by atoms with Gasteiger partial charge in [-0.05, 0) is 61.8 Å². The summed E-state index contributed by atoms with van der Waals surface area (Å²) in [6.45, 7) is 2.33. The molecule has 0 atom stereocenters. The summed E-state index contributed by atoms with van der Waals surface area (Å²) in [6, 6.07) is 10.3. The molecule has 1 aromatic carbocycles. The third-order valence-electron chi connectivity index (χ3n) is 6.33. The van der Waals surface area contributed by atoms with Gasteiger partial charge in [0.1, 0.15) is 11.9 Å². The van der Waals surface area contributed by atoms with Crippen LogP contribution in [0.3, 0.4) is 0 Å². The van der Waals surface area contributed by atoms with E-state index >= 15 is 0 Å². The van der Waals surface area contributed by atoms with Gasteiger partial charge in [0.05, 0.1) is 5.56 Å². The Morgan fingerprint density at radius 2 is 1.64 bits per heavy atom. The van der Waals surface area contributed by atoms with Gasteiger partial charge in [0.15, 0.2) is 0 Å². The molecule has 0 bridgehead atoms. The zero-order valence-corrected chi connectivity index (χ0v) is 16.5. The Bertz CT molecular complexity index is 544. The third kappa shape index (κ3) is 5.16. The highest BCUT2D eigenvalue weighted by molar-refractivity contribution is 6.58. The Labute approximate surface area is 152 Å². The number of rotatable bonds is 5. The zero-order valence-electron chi connectivity index (χ0n) is 15.4. The van der Waals surface area contributed by atoms with Crippen LogP contribution in [-0.4, -0.2) is 20.9 Å². The van der Waals surface area contributed by atoms with E-state index in [1.807, 2.05) is 0 Å². The van der Waals surface area contributed by atoms with Gasteiger partial charge in [-0.2, -0.15) is 0 Å². The summed E-state index contributed by atoms with van der Waals surface area (Å²) in [7, 11) is -0.386. The molecular formula is C21H31FO2Si. The molecule has 1 heterocycles. The maximum Gasteiger partial charge on any atom is 0.338 e. The lowest BCUT2D eigenvalue weighted by Crippen LogP contribution is -2.31. The summed E-state index contributed by atoms with van der Waals surface area (Å²) >= 11 is 0. The van der Waals surface area contributed by atoms with Crippen LogP contribution in [-0.2, 0) is 4.74 Å². The first-order valence-corrected chi connectivity index (χ1v) is 12.6. The summed E-state index contributed by atoms with van der Waals surface area (Å²) in [4.78, 5) is 12.2. The molecule has 0 radical (unpaired) electrons. The second kappa shape index (κ2) is 8.97. The van der Waals surface area contributed by atoms with E-state index in [0.717, 1.165) is 24.7 Å². The van der Waals surface area contributed by atoms with Crippen LogP contribution in [0, 0.1) is 17.7 Å². The summed E-state index contributed by atoms with van der Waals surface area (Å²) in [5.41, 5.74) is 0.447. The lowest BCUT2D eigenvalue weighted by atomic mass is 9.76. The fourth-order valence-corrected chi connectivity index (χ4v) is 8.32. The van der Waals surface area contributed by atoms with Crippen molar-refractivity contribution in [2.75, 3.05) is 0 Å². The van der Waals surface area contributed by atoms with Gasteiger partial charge in [0, 0.05) is 8.80 Å². The van der Waals surface area contributed by atoms with E-state index in [9.17, 15) is 9.18 Å². The quantitative estimate of drug-likeness (QED) is 0.504. The molecule has 0 N–H and O–H groups in total. The minimum atomic E-state index is -0.386. The third-order valence-corrected chi connectivity index (χ3v) is 10.0. The number of ether oxygens (including phenoxy) is 1. The smallest absolute Gasteiger partial charge is 0.338 e. The minimum Gasteiger partial charge on any atom is -0.459 e. The van der Waals surface area contributed by atoms with Crippen LogP contribution in [0.1, 0.15) is 62.2 Å². The van der Waals surface area contributed by atoms with E-state index in [1.54, 1.807) is 18.1 Å². The lowest BCUT2D eigenvalue weighted by Gasteiger charge is -2.37. The molecule has 0 spiro atoms. The molecular weight excluding hydrogens is 331 g/mol. The van der Waals surface area contributed by atoms with Gasteiger partial charge in [-0.3, -0.25) is 0 Å². The minimum absolute atomic E-state index is 0.0413. The normalized spacial score (nSPS) is 30.0. The van der Waals surface area contributed by atoms with Crippen molar-refractivity contribution in [1.29, 1.82) is 0 Å². The molecule has 2 aliphatic rings. The van der Waals surface area contributed by atoms with Crippen LogP contribution < -0.4 is 0 Å². The van der Waals surface area contributed by atoms with Gasteiger partial charge in [-0.25, -0.2) is 9.18 Å². The highest BCUT2D eigenvalue weighted by atomic mass is 28.3. The van der Waals surface area contributed by atoms with Crippen LogP contribution in [0.2, 0.25) is 18.1 Å². The van der Waals surface area contributed by atoms with Crippen molar-refractivity contribution in [3.8, 4) is 0 Å². The molecule has 25 heavy (non-hydrogen) atoms. The predicted molar refractivity (Wildman–Crippen MR) is 102 cm³/mol. The van der Waals surface area contributed by atoms with Crippen LogP contribution in [0.15, 0.2) is 24.3 Å². The maximum atomic E-state index is 12.9. The SMILES string of the molecule is CCC[SiH]1CCC([C@H]2CC[C@H](OC(=O)c3ccc(F)cc3)CC2)CC1. The van der Waals surface area contributed by atoms with Crippen molar-refractivity contribution >= 4 is 14.8 Å². The molecule has 0 unspecified atom stereocenters. The van der Waals surface area contributed by atoms with Gasteiger partial charge < -0.3 is 4.74 Å².